The molecule has 3 aromatic carbocycles. The molecule has 4 N–H and O–H groups in total. The highest BCUT2D eigenvalue weighted by atomic mass is 16.5. The third kappa shape index (κ3) is 4.64. The number of primary amides is 1. The fourth-order valence-electron chi connectivity index (χ4n) is 3.15. The first-order valence-electron chi connectivity index (χ1n) is 9.74. The maximum atomic E-state index is 11.9. The summed E-state index contributed by atoms with van der Waals surface area (Å²) in [5, 5.41) is 0. The van der Waals surface area contributed by atoms with Gasteiger partial charge in [0.2, 0.25) is 0 Å². The number of hydrogen-bond donors (Lipinski definition) is 2. The first-order valence-corrected chi connectivity index (χ1v) is 9.74. The quantitative estimate of drug-likeness (QED) is 0.437. The lowest BCUT2D eigenvalue weighted by Gasteiger charge is -2.20. The van der Waals surface area contributed by atoms with Crippen molar-refractivity contribution in [3.63, 3.8) is 0 Å². The molecular weight excluding hydrogens is 388 g/mol. The van der Waals surface area contributed by atoms with Crippen LogP contribution in [0.2, 0.25) is 0 Å². The maximum absolute atomic E-state index is 11.9. The van der Waals surface area contributed by atoms with E-state index in [1.54, 1.807) is 18.2 Å². The molecule has 0 aliphatic rings. The predicted octanol–water partition coefficient (Wildman–Crippen LogP) is 4.99. The molecule has 0 aliphatic carbocycles. The van der Waals surface area contributed by atoms with Gasteiger partial charge in [-0.2, -0.15) is 0 Å². The van der Waals surface area contributed by atoms with Crippen LogP contribution >= 0.6 is 0 Å². The molecule has 0 saturated heterocycles. The molecule has 6 nitrogen and oxygen atoms in total. The molecule has 0 bridgehead atoms. The van der Waals surface area contributed by atoms with E-state index in [1.165, 1.54) is 0 Å². The molecule has 31 heavy (non-hydrogen) atoms. The van der Waals surface area contributed by atoms with E-state index in [4.69, 9.17) is 16.2 Å². The topological polar surface area (TPSA) is 94.5 Å². The summed E-state index contributed by atoms with van der Waals surface area (Å²) in [6.45, 7) is 0. The van der Waals surface area contributed by atoms with Crippen molar-refractivity contribution >= 4 is 23.0 Å². The van der Waals surface area contributed by atoms with Gasteiger partial charge in [0.25, 0.3) is 5.91 Å². The zero-order chi connectivity index (χ0) is 21.8. The molecule has 0 saturated carbocycles. The number of amides is 1. The standard InChI is InChI=1S/C25H22N4O2/c1-29(19-5-3-2-4-6-19)20-15-23(28-24(16-20)25(27)30)17-7-11-21(12-8-17)31-22-13-9-18(26)10-14-22/h2-16H,26H2,1H3,(H2,27,30). The van der Waals surface area contributed by atoms with E-state index in [0.717, 1.165) is 16.9 Å². The lowest BCUT2D eigenvalue weighted by Crippen LogP contribution is -2.16. The smallest absolute Gasteiger partial charge is 0.267 e. The van der Waals surface area contributed by atoms with Gasteiger partial charge in [-0.05, 0) is 72.8 Å². The van der Waals surface area contributed by atoms with E-state index >= 15 is 0 Å². The first kappa shape index (κ1) is 20.0. The van der Waals surface area contributed by atoms with Crippen molar-refractivity contribution < 1.29 is 9.53 Å². The molecule has 1 heterocycles. The second kappa shape index (κ2) is 8.59. The molecule has 0 radical (unpaired) electrons. The molecule has 0 spiro atoms. The van der Waals surface area contributed by atoms with Crippen molar-refractivity contribution in [1.29, 1.82) is 0 Å². The van der Waals surface area contributed by atoms with Crippen molar-refractivity contribution in [2.24, 2.45) is 5.73 Å². The van der Waals surface area contributed by atoms with Gasteiger partial charge in [-0.1, -0.05) is 18.2 Å². The largest absolute Gasteiger partial charge is 0.457 e. The lowest BCUT2D eigenvalue weighted by atomic mass is 10.1. The van der Waals surface area contributed by atoms with Gasteiger partial charge in [-0.3, -0.25) is 4.79 Å². The Labute approximate surface area is 180 Å². The second-order valence-electron chi connectivity index (χ2n) is 7.05. The number of nitrogen functional groups attached to an aromatic ring is 1. The molecule has 0 unspecified atom stereocenters. The Bertz CT molecular complexity index is 1190. The van der Waals surface area contributed by atoms with Gasteiger partial charge in [0.15, 0.2) is 0 Å². The van der Waals surface area contributed by atoms with Gasteiger partial charge in [0.05, 0.1) is 5.69 Å². The third-order valence-corrected chi connectivity index (χ3v) is 4.86. The van der Waals surface area contributed by atoms with Crippen LogP contribution in [0.3, 0.4) is 0 Å². The summed E-state index contributed by atoms with van der Waals surface area (Å²) in [7, 11) is 1.93. The fourth-order valence-corrected chi connectivity index (χ4v) is 3.15. The van der Waals surface area contributed by atoms with Crippen molar-refractivity contribution in [3.8, 4) is 22.8 Å². The number of aromatic nitrogens is 1. The molecule has 1 amide bonds. The van der Waals surface area contributed by atoms with Crippen LogP contribution in [0.4, 0.5) is 17.1 Å². The highest BCUT2D eigenvalue weighted by Crippen LogP contribution is 2.30. The molecule has 4 rings (SSSR count). The number of rotatable bonds is 6. The average molecular weight is 410 g/mol. The Morgan fingerprint density at radius 3 is 2.06 bits per heavy atom. The van der Waals surface area contributed by atoms with Gasteiger partial charge in [0.1, 0.15) is 17.2 Å². The fraction of sp³-hybridized carbons (Fsp3) is 0.0400. The Morgan fingerprint density at radius 1 is 0.839 bits per heavy atom. The van der Waals surface area contributed by atoms with E-state index < -0.39 is 5.91 Å². The van der Waals surface area contributed by atoms with Crippen LogP contribution in [0.25, 0.3) is 11.3 Å². The van der Waals surface area contributed by atoms with Crippen LogP contribution < -0.4 is 21.1 Å². The Hall–Kier alpha value is -4.32. The summed E-state index contributed by atoms with van der Waals surface area (Å²) < 4.78 is 5.85. The number of ether oxygens (including phenoxy) is 1. The Kier molecular flexibility index (Phi) is 5.53. The minimum absolute atomic E-state index is 0.206. The summed E-state index contributed by atoms with van der Waals surface area (Å²) >= 11 is 0. The number of nitrogens with zero attached hydrogens (tertiary/aromatic N) is 2. The van der Waals surface area contributed by atoms with Gasteiger partial charge in [-0.25, -0.2) is 4.98 Å². The van der Waals surface area contributed by atoms with Crippen molar-refractivity contribution in [2.75, 3.05) is 17.7 Å². The summed E-state index contributed by atoms with van der Waals surface area (Å²) in [4.78, 5) is 18.3. The highest BCUT2D eigenvalue weighted by molar-refractivity contribution is 5.93. The Morgan fingerprint density at radius 2 is 1.45 bits per heavy atom. The maximum Gasteiger partial charge on any atom is 0.267 e. The summed E-state index contributed by atoms with van der Waals surface area (Å²) in [6, 6.07) is 28.2. The van der Waals surface area contributed by atoms with Crippen molar-refractivity contribution in [3.05, 3.63) is 96.7 Å². The normalized spacial score (nSPS) is 10.5. The molecule has 1 aromatic heterocycles. The van der Waals surface area contributed by atoms with Crippen LogP contribution in [-0.2, 0) is 0 Å². The molecule has 0 fully saturated rings. The van der Waals surface area contributed by atoms with Crippen LogP contribution in [0.15, 0.2) is 91.0 Å². The SMILES string of the molecule is CN(c1ccccc1)c1cc(C(N)=O)nc(-c2ccc(Oc3ccc(N)cc3)cc2)c1. The molecule has 0 aliphatic heterocycles. The molecule has 0 atom stereocenters. The summed E-state index contributed by atoms with van der Waals surface area (Å²) in [6.07, 6.45) is 0. The third-order valence-electron chi connectivity index (χ3n) is 4.86. The van der Waals surface area contributed by atoms with Gasteiger partial charge in [-0.15, -0.1) is 0 Å². The van der Waals surface area contributed by atoms with Crippen LogP contribution in [0.5, 0.6) is 11.5 Å². The molecule has 4 aromatic rings. The zero-order valence-corrected chi connectivity index (χ0v) is 17.0. The number of anilines is 3. The number of pyridine rings is 1. The monoisotopic (exact) mass is 410 g/mol. The number of nitrogens with two attached hydrogens (primary N) is 2. The van der Waals surface area contributed by atoms with Gasteiger partial charge >= 0.3 is 0 Å². The van der Waals surface area contributed by atoms with Crippen molar-refractivity contribution in [1.82, 2.24) is 4.98 Å². The van der Waals surface area contributed by atoms with Crippen LogP contribution in [0.1, 0.15) is 10.5 Å². The average Bonchev–Trinajstić information content (AvgIpc) is 2.81. The van der Waals surface area contributed by atoms with Crippen LogP contribution in [0, 0.1) is 0 Å². The minimum atomic E-state index is -0.576. The number of hydrogen-bond acceptors (Lipinski definition) is 5. The predicted molar refractivity (Wildman–Crippen MR) is 124 cm³/mol. The molecular formula is C25H22N4O2. The van der Waals surface area contributed by atoms with E-state index in [9.17, 15) is 4.79 Å². The van der Waals surface area contributed by atoms with Crippen LogP contribution in [-0.4, -0.2) is 17.9 Å². The molecule has 154 valence electrons. The second-order valence-corrected chi connectivity index (χ2v) is 7.05. The zero-order valence-electron chi connectivity index (χ0n) is 17.0. The van der Waals surface area contributed by atoms with Gasteiger partial charge in [0, 0.05) is 29.7 Å². The lowest BCUT2D eigenvalue weighted by molar-refractivity contribution is 0.0995. The van der Waals surface area contributed by atoms with E-state index in [2.05, 4.69) is 4.98 Å². The minimum Gasteiger partial charge on any atom is -0.457 e. The Balaban J connectivity index is 1.64. The summed E-state index contributed by atoms with van der Waals surface area (Å²) in [5.74, 6) is 0.802. The number of carbonyl (C=O) groups is 1. The number of carbonyl (C=O) groups excluding carboxylic acids is 1. The van der Waals surface area contributed by atoms with Crippen molar-refractivity contribution in [2.45, 2.75) is 0 Å². The first-order chi connectivity index (χ1) is 15.0. The van der Waals surface area contributed by atoms with E-state index in [-0.39, 0.29) is 5.69 Å². The van der Waals surface area contributed by atoms with E-state index in [1.807, 2.05) is 84.7 Å². The van der Waals surface area contributed by atoms with E-state index in [0.29, 0.717) is 22.9 Å². The molecule has 6 heteroatoms. The highest BCUT2D eigenvalue weighted by Gasteiger charge is 2.13. The van der Waals surface area contributed by atoms with Gasteiger partial charge < -0.3 is 21.1 Å². The summed E-state index contributed by atoms with van der Waals surface area (Å²) in [5.41, 5.74) is 15.4. The number of benzene rings is 3. The number of para-hydroxylation sites is 1.